The third kappa shape index (κ3) is 3.22. The van der Waals surface area contributed by atoms with E-state index in [1.807, 2.05) is 25.1 Å². The molecule has 2 aromatic heterocycles. The van der Waals surface area contributed by atoms with E-state index in [-0.39, 0.29) is 11.9 Å². The van der Waals surface area contributed by atoms with Gasteiger partial charge in [-0.2, -0.15) is 4.52 Å². The van der Waals surface area contributed by atoms with Crippen molar-refractivity contribution < 1.29 is 24.2 Å². The molecule has 0 radical (unpaired) electrons. The molecule has 1 fully saturated rings. The van der Waals surface area contributed by atoms with E-state index in [1.54, 1.807) is 14.2 Å². The number of benzene rings is 1. The predicted molar refractivity (Wildman–Crippen MR) is 100 cm³/mol. The second-order valence-corrected chi connectivity index (χ2v) is 7.46. The minimum atomic E-state index is -0.108. The first-order valence-corrected chi connectivity index (χ1v) is 9.63. The first kappa shape index (κ1) is 18.0. The number of aryl methyl sites for hydroxylation is 1. The average Bonchev–Trinajstić information content (AvgIpc) is 3.20. The maximum atomic E-state index is 10.9. The second-order valence-electron chi connectivity index (χ2n) is 6.45. The SMILES string of the molecule is COc1ccc([C@@H](c2sc3nc(C)nn3c2O)[NH+]2CCOCC2)c(OC)c1. The Morgan fingerprint density at radius 2 is 2.04 bits per heavy atom. The molecule has 1 aliphatic rings. The minimum Gasteiger partial charge on any atom is -0.497 e. The van der Waals surface area contributed by atoms with Gasteiger partial charge in [0.1, 0.15) is 35.3 Å². The van der Waals surface area contributed by atoms with Crippen LogP contribution in [0, 0.1) is 6.92 Å². The third-order valence-corrected chi connectivity index (χ3v) is 5.95. The van der Waals surface area contributed by atoms with E-state index in [9.17, 15) is 5.11 Å². The first-order valence-electron chi connectivity index (χ1n) is 8.81. The summed E-state index contributed by atoms with van der Waals surface area (Å²) in [4.78, 5) is 7.23. The summed E-state index contributed by atoms with van der Waals surface area (Å²) in [6.07, 6.45) is 0. The van der Waals surface area contributed by atoms with Gasteiger partial charge < -0.3 is 24.2 Å². The third-order valence-electron chi connectivity index (χ3n) is 4.86. The van der Waals surface area contributed by atoms with Crippen LogP contribution in [-0.4, -0.2) is 60.2 Å². The zero-order chi connectivity index (χ0) is 19.0. The highest BCUT2D eigenvalue weighted by Gasteiger charge is 2.35. The Bertz CT molecular complexity index is 948. The molecule has 1 atom stereocenters. The molecule has 3 aromatic rings. The lowest BCUT2D eigenvalue weighted by Gasteiger charge is -2.31. The number of nitrogens with one attached hydrogen (secondary N) is 1. The Hall–Kier alpha value is -2.36. The summed E-state index contributed by atoms with van der Waals surface area (Å²) >= 11 is 1.46. The molecule has 0 saturated carbocycles. The van der Waals surface area contributed by atoms with Gasteiger partial charge in [-0.15, -0.1) is 5.10 Å². The fourth-order valence-electron chi connectivity index (χ4n) is 3.56. The van der Waals surface area contributed by atoms with Gasteiger partial charge in [-0.3, -0.25) is 0 Å². The number of morpholine rings is 1. The van der Waals surface area contributed by atoms with Gasteiger partial charge >= 0.3 is 0 Å². The molecular weight excluding hydrogens is 368 g/mol. The van der Waals surface area contributed by atoms with E-state index in [2.05, 4.69) is 10.1 Å². The molecule has 3 heterocycles. The first-order chi connectivity index (χ1) is 13.1. The van der Waals surface area contributed by atoms with Crippen LogP contribution in [0.1, 0.15) is 22.3 Å². The fourth-order valence-corrected chi connectivity index (χ4v) is 4.74. The fraction of sp³-hybridized carbons (Fsp3) is 0.444. The lowest BCUT2D eigenvalue weighted by Crippen LogP contribution is -3.14. The molecule has 9 heteroatoms. The van der Waals surface area contributed by atoms with Crippen molar-refractivity contribution in [1.82, 2.24) is 14.6 Å². The molecule has 0 bridgehead atoms. The topological polar surface area (TPSA) is 82.6 Å². The maximum Gasteiger partial charge on any atom is 0.235 e. The number of fused-ring (bicyclic) bond motifs is 1. The van der Waals surface area contributed by atoms with Gasteiger partial charge in [0.25, 0.3) is 0 Å². The zero-order valence-electron chi connectivity index (χ0n) is 15.6. The lowest BCUT2D eigenvalue weighted by atomic mass is 10.0. The Balaban J connectivity index is 1.86. The van der Waals surface area contributed by atoms with Gasteiger partial charge in [0.15, 0.2) is 6.04 Å². The molecule has 144 valence electrons. The molecule has 1 aromatic carbocycles. The minimum absolute atomic E-state index is 0.108. The maximum absolute atomic E-state index is 10.9. The standard InChI is InChI=1S/C18H22N4O4S/c1-11-19-18-22(20-11)17(23)16(27-18)15(21-6-8-26-9-7-21)13-5-4-12(24-2)10-14(13)25-3/h4-5,10,15,23H,6-9H2,1-3H3/p+1/t15-/m0/s1. The molecule has 0 unspecified atom stereocenters. The van der Waals surface area contributed by atoms with Crippen LogP contribution < -0.4 is 14.4 Å². The number of methoxy groups -OCH3 is 2. The lowest BCUT2D eigenvalue weighted by molar-refractivity contribution is -0.932. The number of quaternary nitrogens is 1. The number of thiazole rings is 1. The smallest absolute Gasteiger partial charge is 0.235 e. The quantitative estimate of drug-likeness (QED) is 0.670. The van der Waals surface area contributed by atoms with Crippen molar-refractivity contribution in [2.24, 2.45) is 0 Å². The highest BCUT2D eigenvalue weighted by atomic mass is 32.1. The number of rotatable bonds is 5. The summed E-state index contributed by atoms with van der Waals surface area (Å²) in [6.45, 7) is 4.86. The Labute approximate surface area is 160 Å². The highest BCUT2D eigenvalue weighted by Crippen LogP contribution is 2.39. The predicted octanol–water partition coefficient (Wildman–Crippen LogP) is 0.827. The van der Waals surface area contributed by atoms with E-state index in [4.69, 9.17) is 14.2 Å². The summed E-state index contributed by atoms with van der Waals surface area (Å²) in [6, 6.07) is 5.69. The van der Waals surface area contributed by atoms with Crippen molar-refractivity contribution in [3.05, 3.63) is 34.5 Å². The molecule has 0 spiro atoms. The van der Waals surface area contributed by atoms with Crippen LogP contribution in [-0.2, 0) is 4.74 Å². The normalized spacial score (nSPS) is 16.6. The summed E-state index contributed by atoms with van der Waals surface area (Å²) in [5.74, 6) is 2.24. The van der Waals surface area contributed by atoms with E-state index in [0.29, 0.717) is 24.0 Å². The van der Waals surface area contributed by atoms with Crippen molar-refractivity contribution in [1.29, 1.82) is 0 Å². The average molecular weight is 391 g/mol. The summed E-state index contributed by atoms with van der Waals surface area (Å²) in [7, 11) is 3.28. The number of aromatic hydroxyl groups is 1. The molecule has 2 N–H and O–H groups in total. The Morgan fingerprint density at radius 1 is 1.26 bits per heavy atom. The van der Waals surface area contributed by atoms with Crippen molar-refractivity contribution >= 4 is 16.3 Å². The van der Waals surface area contributed by atoms with E-state index in [0.717, 1.165) is 35.0 Å². The molecule has 8 nitrogen and oxygen atoms in total. The Kier molecular flexibility index (Phi) is 4.90. The van der Waals surface area contributed by atoms with Gasteiger partial charge in [0, 0.05) is 6.07 Å². The summed E-state index contributed by atoms with van der Waals surface area (Å²) < 4.78 is 18.0. The number of ether oxygens (including phenoxy) is 3. The van der Waals surface area contributed by atoms with Gasteiger partial charge in [0.05, 0.1) is 33.0 Å². The van der Waals surface area contributed by atoms with Crippen molar-refractivity contribution in [2.45, 2.75) is 13.0 Å². The van der Waals surface area contributed by atoms with Gasteiger partial charge in [0.2, 0.25) is 10.8 Å². The number of nitrogens with zero attached hydrogens (tertiary/aromatic N) is 3. The largest absolute Gasteiger partial charge is 0.497 e. The Morgan fingerprint density at radius 3 is 2.70 bits per heavy atom. The van der Waals surface area contributed by atoms with Gasteiger partial charge in [-0.25, -0.2) is 4.98 Å². The van der Waals surface area contributed by atoms with Crippen LogP contribution in [0.4, 0.5) is 0 Å². The van der Waals surface area contributed by atoms with Crippen molar-refractivity contribution in [2.75, 3.05) is 40.5 Å². The van der Waals surface area contributed by atoms with Crippen LogP contribution in [0.25, 0.3) is 4.96 Å². The number of aromatic nitrogens is 3. The van der Waals surface area contributed by atoms with Crippen LogP contribution in [0.15, 0.2) is 18.2 Å². The van der Waals surface area contributed by atoms with Crippen LogP contribution in [0.2, 0.25) is 0 Å². The molecule has 4 rings (SSSR count). The monoisotopic (exact) mass is 391 g/mol. The summed E-state index contributed by atoms with van der Waals surface area (Å²) in [5, 5.41) is 15.2. The van der Waals surface area contributed by atoms with E-state index < -0.39 is 0 Å². The van der Waals surface area contributed by atoms with Crippen molar-refractivity contribution in [3.8, 4) is 17.4 Å². The van der Waals surface area contributed by atoms with Gasteiger partial charge in [-0.05, 0) is 19.1 Å². The highest BCUT2D eigenvalue weighted by molar-refractivity contribution is 7.17. The second kappa shape index (κ2) is 7.34. The van der Waals surface area contributed by atoms with Gasteiger partial charge in [-0.1, -0.05) is 11.3 Å². The van der Waals surface area contributed by atoms with Crippen LogP contribution in [0.3, 0.4) is 0 Å². The molecular formula is C18H23N4O4S+. The number of hydrogen-bond acceptors (Lipinski definition) is 7. The molecule has 27 heavy (non-hydrogen) atoms. The molecule has 0 aliphatic carbocycles. The van der Waals surface area contributed by atoms with Crippen LogP contribution in [0.5, 0.6) is 17.4 Å². The van der Waals surface area contributed by atoms with E-state index >= 15 is 0 Å². The van der Waals surface area contributed by atoms with Crippen LogP contribution >= 0.6 is 11.3 Å². The molecule has 0 amide bonds. The zero-order valence-corrected chi connectivity index (χ0v) is 16.4. The van der Waals surface area contributed by atoms with Crippen molar-refractivity contribution in [3.63, 3.8) is 0 Å². The number of hydrogen-bond donors (Lipinski definition) is 2. The van der Waals surface area contributed by atoms with E-state index in [1.165, 1.54) is 20.8 Å². The summed E-state index contributed by atoms with van der Waals surface area (Å²) in [5.41, 5.74) is 0.992. The molecule has 1 saturated heterocycles. The molecule has 1 aliphatic heterocycles.